The normalized spacial score (nSPS) is 12.7. The first-order valence-corrected chi connectivity index (χ1v) is 10.3. The fourth-order valence-corrected chi connectivity index (χ4v) is 4.31. The minimum atomic E-state index is -0.296. The van der Waals surface area contributed by atoms with Crippen LogP contribution in [0.15, 0.2) is 58.4 Å². The van der Waals surface area contributed by atoms with E-state index in [0.717, 1.165) is 22.1 Å². The Morgan fingerprint density at radius 1 is 1.15 bits per heavy atom. The van der Waals surface area contributed by atoms with Crippen LogP contribution >= 0.6 is 38.9 Å². The largest absolute Gasteiger partial charge is 0.322 e. The highest BCUT2D eigenvalue weighted by molar-refractivity contribution is 9.10. The van der Waals surface area contributed by atoms with Gasteiger partial charge >= 0.3 is 0 Å². The Balaban J connectivity index is 1.59. The van der Waals surface area contributed by atoms with Crippen LogP contribution in [-0.4, -0.2) is 18.4 Å². The molecule has 1 aliphatic heterocycles. The summed E-state index contributed by atoms with van der Waals surface area (Å²) < 4.78 is 0.777. The van der Waals surface area contributed by atoms with Gasteiger partial charge in [-0.25, -0.2) is 0 Å². The van der Waals surface area contributed by atoms with Gasteiger partial charge in [-0.3, -0.25) is 9.59 Å². The molecular formula is C20H14BrClN2O2S. The molecule has 4 rings (SSSR count). The minimum absolute atomic E-state index is 0.0118. The van der Waals surface area contributed by atoms with E-state index in [-0.39, 0.29) is 11.8 Å². The first kappa shape index (κ1) is 18.2. The summed E-state index contributed by atoms with van der Waals surface area (Å²) >= 11 is 10.9. The van der Waals surface area contributed by atoms with E-state index in [1.165, 1.54) is 11.3 Å². The average molecular weight is 462 g/mol. The highest BCUT2D eigenvalue weighted by atomic mass is 79.9. The summed E-state index contributed by atoms with van der Waals surface area (Å²) in [6.45, 7) is 0.640. The molecule has 2 aromatic carbocycles. The molecule has 0 saturated carbocycles. The zero-order chi connectivity index (χ0) is 19.0. The third kappa shape index (κ3) is 3.65. The van der Waals surface area contributed by atoms with Crippen molar-refractivity contribution in [3.63, 3.8) is 0 Å². The maximum Gasteiger partial charge on any atom is 0.268 e. The molecule has 1 aromatic heterocycles. The van der Waals surface area contributed by atoms with Crippen LogP contribution in [0.5, 0.6) is 0 Å². The molecule has 27 heavy (non-hydrogen) atoms. The maximum absolute atomic E-state index is 12.7. The molecule has 0 bridgehead atoms. The Morgan fingerprint density at radius 2 is 2.00 bits per heavy atom. The number of carbonyl (C=O) groups excluding carboxylic acids is 2. The molecule has 2 heterocycles. The van der Waals surface area contributed by atoms with Crippen LogP contribution in [0.1, 0.15) is 25.6 Å². The smallest absolute Gasteiger partial charge is 0.268 e. The molecule has 0 aliphatic carbocycles. The quantitative estimate of drug-likeness (QED) is 0.550. The van der Waals surface area contributed by atoms with Gasteiger partial charge in [0.15, 0.2) is 0 Å². The van der Waals surface area contributed by atoms with Crippen LogP contribution < -0.4 is 10.2 Å². The summed E-state index contributed by atoms with van der Waals surface area (Å²) in [7, 11) is 0. The summed E-state index contributed by atoms with van der Waals surface area (Å²) in [4.78, 5) is 27.8. The molecule has 0 fully saturated rings. The molecule has 0 unspecified atom stereocenters. The molecule has 136 valence electrons. The predicted octanol–water partition coefficient (Wildman–Crippen LogP) is 5.62. The lowest BCUT2D eigenvalue weighted by Crippen LogP contribution is -2.28. The molecule has 7 heteroatoms. The second kappa shape index (κ2) is 7.46. The van der Waals surface area contributed by atoms with Crippen LogP contribution in [0.2, 0.25) is 5.02 Å². The lowest BCUT2D eigenvalue weighted by atomic mass is 10.1. The SMILES string of the molecule is O=C(Nc1ccc2c(c1)N(C(=O)c1cccs1)CC2)c1cc(Br)ccc1Cl. The summed E-state index contributed by atoms with van der Waals surface area (Å²) in [5.41, 5.74) is 2.95. The lowest BCUT2D eigenvalue weighted by Gasteiger charge is -2.17. The molecule has 0 atom stereocenters. The topological polar surface area (TPSA) is 49.4 Å². The van der Waals surface area contributed by atoms with E-state index in [1.807, 2.05) is 35.7 Å². The van der Waals surface area contributed by atoms with Gasteiger partial charge in [0, 0.05) is 22.4 Å². The van der Waals surface area contributed by atoms with Gasteiger partial charge in [-0.2, -0.15) is 0 Å². The standard InChI is InChI=1S/C20H14BrClN2O2S/c21-13-4-6-16(22)15(10-13)19(25)23-14-5-3-12-7-8-24(17(12)11-14)20(26)18-2-1-9-27-18/h1-6,9-11H,7-8H2,(H,23,25). The summed E-state index contributed by atoms with van der Waals surface area (Å²) in [6.07, 6.45) is 0.804. The van der Waals surface area contributed by atoms with Crippen molar-refractivity contribution < 1.29 is 9.59 Å². The van der Waals surface area contributed by atoms with Crippen molar-refractivity contribution >= 4 is 62.1 Å². The molecule has 1 aliphatic rings. The Kier molecular flexibility index (Phi) is 5.04. The van der Waals surface area contributed by atoms with E-state index in [4.69, 9.17) is 11.6 Å². The van der Waals surface area contributed by atoms with Crippen molar-refractivity contribution in [3.8, 4) is 0 Å². The minimum Gasteiger partial charge on any atom is -0.322 e. The Morgan fingerprint density at radius 3 is 2.78 bits per heavy atom. The van der Waals surface area contributed by atoms with Crippen molar-refractivity contribution in [2.24, 2.45) is 0 Å². The molecule has 1 N–H and O–H groups in total. The molecule has 4 nitrogen and oxygen atoms in total. The number of nitrogens with zero attached hydrogens (tertiary/aromatic N) is 1. The highest BCUT2D eigenvalue weighted by Crippen LogP contribution is 2.33. The number of carbonyl (C=O) groups is 2. The summed E-state index contributed by atoms with van der Waals surface area (Å²) in [6, 6.07) is 14.5. The fourth-order valence-electron chi connectivity index (χ4n) is 3.07. The van der Waals surface area contributed by atoms with Gasteiger partial charge in [-0.15, -0.1) is 11.3 Å². The van der Waals surface area contributed by atoms with E-state index >= 15 is 0 Å². The molecule has 2 amide bonds. The van der Waals surface area contributed by atoms with E-state index in [9.17, 15) is 9.59 Å². The monoisotopic (exact) mass is 460 g/mol. The van der Waals surface area contributed by atoms with Crippen LogP contribution in [0.25, 0.3) is 0 Å². The predicted molar refractivity (Wildman–Crippen MR) is 113 cm³/mol. The van der Waals surface area contributed by atoms with Gasteiger partial charge in [-0.05, 0) is 53.8 Å². The van der Waals surface area contributed by atoms with E-state index in [1.54, 1.807) is 23.1 Å². The fraction of sp³-hybridized carbons (Fsp3) is 0.100. The van der Waals surface area contributed by atoms with Crippen LogP contribution in [0.4, 0.5) is 11.4 Å². The van der Waals surface area contributed by atoms with Gasteiger partial charge in [0.1, 0.15) is 0 Å². The van der Waals surface area contributed by atoms with E-state index in [0.29, 0.717) is 27.7 Å². The van der Waals surface area contributed by atoms with Crippen molar-refractivity contribution in [1.29, 1.82) is 0 Å². The van der Waals surface area contributed by atoms with E-state index < -0.39 is 0 Å². The van der Waals surface area contributed by atoms with Crippen LogP contribution in [0, 0.1) is 0 Å². The number of hydrogen-bond acceptors (Lipinski definition) is 3. The second-order valence-corrected chi connectivity index (χ2v) is 8.38. The Bertz CT molecular complexity index is 1040. The van der Waals surface area contributed by atoms with Crippen LogP contribution in [-0.2, 0) is 6.42 Å². The van der Waals surface area contributed by atoms with Crippen molar-refractivity contribution in [1.82, 2.24) is 0 Å². The van der Waals surface area contributed by atoms with Gasteiger partial charge in [0.05, 0.1) is 15.5 Å². The summed E-state index contributed by atoms with van der Waals surface area (Å²) in [5.74, 6) is -0.308. The molecule has 0 saturated heterocycles. The van der Waals surface area contributed by atoms with Gasteiger partial charge in [-0.1, -0.05) is 39.7 Å². The van der Waals surface area contributed by atoms with E-state index in [2.05, 4.69) is 21.2 Å². The molecule has 3 aromatic rings. The number of benzene rings is 2. The Labute approximate surface area is 173 Å². The first-order valence-electron chi connectivity index (χ1n) is 8.27. The molecular weight excluding hydrogens is 448 g/mol. The van der Waals surface area contributed by atoms with Crippen molar-refractivity contribution in [3.05, 3.63) is 79.4 Å². The van der Waals surface area contributed by atoms with Gasteiger partial charge < -0.3 is 10.2 Å². The average Bonchev–Trinajstić information content (AvgIpc) is 3.32. The maximum atomic E-state index is 12.7. The number of nitrogens with one attached hydrogen (secondary N) is 1. The number of fused-ring (bicyclic) bond motifs is 1. The number of rotatable bonds is 3. The van der Waals surface area contributed by atoms with Gasteiger partial charge in [0.2, 0.25) is 0 Å². The summed E-state index contributed by atoms with van der Waals surface area (Å²) in [5, 5.41) is 5.14. The zero-order valence-electron chi connectivity index (χ0n) is 14.0. The van der Waals surface area contributed by atoms with Crippen LogP contribution in [0.3, 0.4) is 0 Å². The van der Waals surface area contributed by atoms with Crippen molar-refractivity contribution in [2.45, 2.75) is 6.42 Å². The Hall–Kier alpha value is -2.15. The number of amides is 2. The third-order valence-corrected chi connectivity index (χ3v) is 6.07. The molecule has 0 radical (unpaired) electrons. The molecule has 0 spiro atoms. The first-order chi connectivity index (χ1) is 13.0. The lowest BCUT2D eigenvalue weighted by molar-refractivity contribution is 0.0991. The van der Waals surface area contributed by atoms with Crippen molar-refractivity contribution in [2.75, 3.05) is 16.8 Å². The number of thiophene rings is 1. The second-order valence-electron chi connectivity index (χ2n) is 6.11. The third-order valence-electron chi connectivity index (χ3n) is 4.39. The highest BCUT2D eigenvalue weighted by Gasteiger charge is 2.26. The zero-order valence-corrected chi connectivity index (χ0v) is 17.2. The number of halogens is 2. The van der Waals surface area contributed by atoms with Gasteiger partial charge in [0.25, 0.3) is 11.8 Å². The number of anilines is 2. The number of hydrogen-bond donors (Lipinski definition) is 1.